The third kappa shape index (κ3) is 3.16. The third-order valence-electron chi connectivity index (χ3n) is 3.90. The minimum absolute atomic E-state index is 0.000988. The van der Waals surface area contributed by atoms with Gasteiger partial charge in [-0.2, -0.15) is 0 Å². The van der Waals surface area contributed by atoms with E-state index in [2.05, 4.69) is 40.5 Å². The second-order valence-corrected chi connectivity index (χ2v) is 6.51. The van der Waals surface area contributed by atoms with Crippen LogP contribution in [0.15, 0.2) is 70.3 Å². The number of nitrogens with zero attached hydrogens (tertiary/aromatic N) is 2. The van der Waals surface area contributed by atoms with Crippen molar-refractivity contribution < 1.29 is 9.52 Å². The van der Waals surface area contributed by atoms with Crippen LogP contribution < -0.4 is 5.73 Å². The van der Waals surface area contributed by atoms with Gasteiger partial charge in [0.25, 0.3) is 11.1 Å². The van der Waals surface area contributed by atoms with E-state index in [1.165, 1.54) is 34.2 Å². The summed E-state index contributed by atoms with van der Waals surface area (Å²) in [6.07, 6.45) is 0. The van der Waals surface area contributed by atoms with Crippen LogP contribution in [0.4, 0.5) is 5.69 Å². The largest absolute Gasteiger partial charge is 0.506 e. The van der Waals surface area contributed by atoms with Crippen LogP contribution in [-0.4, -0.2) is 15.3 Å². The highest BCUT2D eigenvalue weighted by Crippen LogP contribution is 2.33. The molecule has 0 bridgehead atoms. The lowest BCUT2D eigenvalue weighted by atomic mass is 10.1. The predicted octanol–water partition coefficient (Wildman–Crippen LogP) is 4.47. The highest BCUT2D eigenvalue weighted by Gasteiger charge is 2.14. The molecule has 3 N–H and O–H groups in total. The van der Waals surface area contributed by atoms with Crippen LogP contribution in [0.3, 0.4) is 0 Å². The van der Waals surface area contributed by atoms with Crippen LogP contribution in [0, 0.1) is 0 Å². The fourth-order valence-corrected chi connectivity index (χ4v) is 3.30. The van der Waals surface area contributed by atoms with E-state index in [0.29, 0.717) is 16.7 Å². The number of phenolic OH excluding ortho intramolecular Hbond substituents is 1. The van der Waals surface area contributed by atoms with Crippen LogP contribution in [0.5, 0.6) is 5.75 Å². The lowest BCUT2D eigenvalue weighted by molar-refractivity contribution is 0.463. The van der Waals surface area contributed by atoms with Crippen molar-refractivity contribution in [3.63, 3.8) is 0 Å². The van der Waals surface area contributed by atoms with Crippen molar-refractivity contribution in [2.45, 2.75) is 11.0 Å². The monoisotopic (exact) mass is 349 g/mol. The summed E-state index contributed by atoms with van der Waals surface area (Å²) in [7, 11) is 0. The van der Waals surface area contributed by atoms with Crippen molar-refractivity contribution in [1.29, 1.82) is 0 Å². The van der Waals surface area contributed by atoms with Gasteiger partial charge < -0.3 is 15.3 Å². The third-order valence-corrected chi connectivity index (χ3v) is 4.79. The van der Waals surface area contributed by atoms with Crippen molar-refractivity contribution in [1.82, 2.24) is 10.2 Å². The second kappa shape index (κ2) is 6.49. The molecule has 0 radical (unpaired) electrons. The summed E-state index contributed by atoms with van der Waals surface area (Å²) in [6, 6.07) is 19.6. The topological polar surface area (TPSA) is 85.2 Å². The first kappa shape index (κ1) is 15.5. The summed E-state index contributed by atoms with van der Waals surface area (Å²) in [5.74, 6) is 1.03. The number of hydrogen-bond donors (Lipinski definition) is 2. The maximum absolute atomic E-state index is 9.69. The van der Waals surface area contributed by atoms with Gasteiger partial charge in [0.05, 0.1) is 11.3 Å². The molecule has 0 fully saturated rings. The number of para-hydroxylation sites is 1. The first-order valence-corrected chi connectivity index (χ1v) is 8.71. The van der Waals surface area contributed by atoms with E-state index >= 15 is 0 Å². The molecule has 6 heteroatoms. The van der Waals surface area contributed by atoms with Crippen LogP contribution in [0.1, 0.15) is 5.56 Å². The number of nitrogen functional groups attached to an aromatic ring is 1. The molecule has 0 atom stereocenters. The minimum Gasteiger partial charge on any atom is -0.506 e. The summed E-state index contributed by atoms with van der Waals surface area (Å²) in [5.41, 5.74) is 7.80. The van der Waals surface area contributed by atoms with Gasteiger partial charge in [0.1, 0.15) is 5.75 Å². The van der Waals surface area contributed by atoms with Crippen molar-refractivity contribution >= 4 is 28.2 Å². The molecule has 0 spiro atoms. The Hall–Kier alpha value is -2.99. The molecule has 0 aliphatic rings. The zero-order valence-corrected chi connectivity index (χ0v) is 14.0. The summed E-state index contributed by atoms with van der Waals surface area (Å²) in [6.45, 7) is 0. The predicted molar refractivity (Wildman–Crippen MR) is 99.3 cm³/mol. The average Bonchev–Trinajstić information content (AvgIpc) is 3.11. The normalized spacial score (nSPS) is 11.0. The van der Waals surface area contributed by atoms with Crippen molar-refractivity contribution in [2.24, 2.45) is 0 Å². The molecular formula is C19H15N3O2S. The SMILES string of the molecule is Nc1c(O)cccc1-c1nnc(SCc2ccc3ccccc3c2)o1. The highest BCUT2D eigenvalue weighted by atomic mass is 32.2. The first-order chi connectivity index (χ1) is 12.2. The van der Waals surface area contributed by atoms with Crippen LogP contribution in [0.2, 0.25) is 0 Å². The molecule has 0 amide bonds. The number of rotatable bonds is 4. The molecule has 1 aromatic heterocycles. The molecule has 0 aliphatic carbocycles. The number of benzene rings is 3. The van der Waals surface area contributed by atoms with Gasteiger partial charge in [0.15, 0.2) is 0 Å². The molecular weight excluding hydrogens is 334 g/mol. The molecule has 0 saturated carbocycles. The van der Waals surface area contributed by atoms with Gasteiger partial charge in [-0.15, -0.1) is 10.2 Å². The lowest BCUT2D eigenvalue weighted by Crippen LogP contribution is -1.90. The van der Waals surface area contributed by atoms with E-state index in [-0.39, 0.29) is 11.4 Å². The minimum atomic E-state index is 0.000988. The van der Waals surface area contributed by atoms with E-state index in [9.17, 15) is 5.11 Å². The van der Waals surface area contributed by atoms with E-state index in [0.717, 1.165) is 5.75 Å². The molecule has 3 aromatic carbocycles. The molecule has 0 unspecified atom stereocenters. The van der Waals surface area contributed by atoms with Crippen molar-refractivity contribution in [3.8, 4) is 17.2 Å². The molecule has 1 heterocycles. The molecule has 4 aromatic rings. The van der Waals surface area contributed by atoms with Crippen molar-refractivity contribution in [2.75, 3.05) is 5.73 Å². The number of aromatic nitrogens is 2. The van der Waals surface area contributed by atoms with Gasteiger partial charge in [-0.3, -0.25) is 0 Å². The Balaban J connectivity index is 1.52. The van der Waals surface area contributed by atoms with Gasteiger partial charge >= 0.3 is 0 Å². The number of anilines is 1. The lowest BCUT2D eigenvalue weighted by Gasteiger charge is -2.03. The van der Waals surface area contributed by atoms with Crippen LogP contribution in [0.25, 0.3) is 22.2 Å². The number of aromatic hydroxyl groups is 1. The van der Waals surface area contributed by atoms with Crippen molar-refractivity contribution in [3.05, 3.63) is 66.2 Å². The van der Waals surface area contributed by atoms with E-state index in [1.807, 2.05) is 12.1 Å². The number of fused-ring (bicyclic) bond motifs is 1. The average molecular weight is 349 g/mol. The van der Waals surface area contributed by atoms with Gasteiger partial charge in [-0.1, -0.05) is 60.3 Å². The molecule has 4 rings (SSSR count). The molecule has 0 saturated heterocycles. The zero-order chi connectivity index (χ0) is 17.2. The standard InChI is InChI=1S/C19H15N3O2S/c20-17-15(6-3-7-16(17)23)18-21-22-19(24-18)25-11-12-8-9-13-4-1-2-5-14(13)10-12/h1-10,23H,11,20H2. The molecule has 25 heavy (non-hydrogen) atoms. The van der Waals surface area contributed by atoms with Gasteiger partial charge in [-0.05, 0) is 28.5 Å². The number of thioether (sulfide) groups is 1. The Labute approximate surface area is 148 Å². The Kier molecular flexibility index (Phi) is 4.03. The first-order valence-electron chi connectivity index (χ1n) is 7.72. The van der Waals surface area contributed by atoms with E-state index in [1.54, 1.807) is 12.1 Å². The summed E-state index contributed by atoms with van der Waals surface area (Å²) in [5, 5.41) is 20.6. The fraction of sp³-hybridized carbons (Fsp3) is 0.0526. The van der Waals surface area contributed by atoms with E-state index in [4.69, 9.17) is 10.2 Å². The number of phenols is 1. The Morgan fingerprint density at radius 3 is 2.68 bits per heavy atom. The Bertz CT molecular complexity index is 1050. The Morgan fingerprint density at radius 1 is 0.960 bits per heavy atom. The quantitative estimate of drug-likeness (QED) is 0.321. The van der Waals surface area contributed by atoms with Gasteiger partial charge in [0, 0.05) is 5.75 Å². The smallest absolute Gasteiger partial charge is 0.277 e. The van der Waals surface area contributed by atoms with E-state index < -0.39 is 0 Å². The van der Waals surface area contributed by atoms with Crippen LogP contribution >= 0.6 is 11.8 Å². The molecule has 124 valence electrons. The summed E-state index contributed by atoms with van der Waals surface area (Å²) >= 11 is 1.46. The highest BCUT2D eigenvalue weighted by molar-refractivity contribution is 7.98. The molecule has 0 aliphatic heterocycles. The van der Waals surface area contributed by atoms with Gasteiger partial charge in [0.2, 0.25) is 0 Å². The number of nitrogens with two attached hydrogens (primary N) is 1. The molecule has 5 nitrogen and oxygen atoms in total. The Morgan fingerprint density at radius 2 is 1.80 bits per heavy atom. The van der Waals surface area contributed by atoms with Crippen LogP contribution in [-0.2, 0) is 5.75 Å². The maximum atomic E-state index is 9.69. The summed E-state index contributed by atoms with van der Waals surface area (Å²) in [4.78, 5) is 0. The zero-order valence-electron chi connectivity index (χ0n) is 13.2. The number of hydrogen-bond acceptors (Lipinski definition) is 6. The van der Waals surface area contributed by atoms with Gasteiger partial charge in [-0.25, -0.2) is 0 Å². The summed E-state index contributed by atoms with van der Waals surface area (Å²) < 4.78 is 5.66. The second-order valence-electron chi connectivity index (χ2n) is 5.58. The maximum Gasteiger partial charge on any atom is 0.277 e. The fourth-order valence-electron chi connectivity index (χ4n) is 2.59.